The molecule has 0 saturated carbocycles. The second-order valence-corrected chi connectivity index (χ2v) is 5.19. The summed E-state index contributed by atoms with van der Waals surface area (Å²) in [6.07, 6.45) is 4.10. The highest BCUT2D eigenvalue weighted by atomic mass is 16.5. The number of nitrogens with one attached hydrogen (secondary N) is 1. The molecule has 0 amide bonds. The third-order valence-corrected chi connectivity index (χ3v) is 2.84. The maximum atomic E-state index is 5.70. The molecule has 1 heterocycles. The van der Waals surface area contributed by atoms with E-state index in [1.54, 1.807) is 0 Å². The molecule has 0 atom stereocenters. The Hall–Kier alpha value is -1.36. The van der Waals surface area contributed by atoms with E-state index in [2.05, 4.69) is 48.1 Å². The molecule has 1 aromatic heterocycles. The highest BCUT2D eigenvalue weighted by Crippen LogP contribution is 2.15. The average molecular weight is 280 g/mol. The zero-order chi connectivity index (χ0) is 14.8. The Morgan fingerprint density at radius 2 is 2.00 bits per heavy atom. The molecule has 0 spiro atoms. The third kappa shape index (κ3) is 6.70. The molecule has 0 bridgehead atoms. The van der Waals surface area contributed by atoms with Gasteiger partial charge in [0.15, 0.2) is 0 Å². The molecule has 0 aromatic carbocycles. The first-order chi connectivity index (χ1) is 9.65. The summed E-state index contributed by atoms with van der Waals surface area (Å²) in [7, 11) is 4.12. The molecule has 0 aliphatic rings. The minimum atomic E-state index is 0.684. The van der Waals surface area contributed by atoms with Crippen LogP contribution in [0.4, 0.5) is 5.82 Å². The predicted molar refractivity (Wildman–Crippen MR) is 83.5 cm³/mol. The van der Waals surface area contributed by atoms with Crippen molar-refractivity contribution in [1.29, 1.82) is 0 Å². The molecule has 0 unspecified atom stereocenters. The van der Waals surface area contributed by atoms with Crippen molar-refractivity contribution in [2.24, 2.45) is 0 Å². The highest BCUT2D eigenvalue weighted by Gasteiger charge is 2.05. The van der Waals surface area contributed by atoms with E-state index in [0.717, 1.165) is 57.0 Å². The summed E-state index contributed by atoms with van der Waals surface area (Å²) in [6, 6.07) is 1.89. The molecule has 0 aliphatic heterocycles. The summed E-state index contributed by atoms with van der Waals surface area (Å²) in [5.41, 5.74) is 0. The molecule has 20 heavy (non-hydrogen) atoms. The Balaban J connectivity index is 2.65. The van der Waals surface area contributed by atoms with Crippen LogP contribution in [0.15, 0.2) is 6.07 Å². The molecule has 5 heteroatoms. The van der Waals surface area contributed by atoms with Gasteiger partial charge in [-0.25, -0.2) is 4.98 Å². The fourth-order valence-electron chi connectivity index (χ4n) is 1.70. The van der Waals surface area contributed by atoms with Gasteiger partial charge in [-0.3, -0.25) is 0 Å². The van der Waals surface area contributed by atoms with Crippen molar-refractivity contribution in [2.75, 3.05) is 39.1 Å². The zero-order valence-electron chi connectivity index (χ0n) is 13.3. The Morgan fingerprint density at radius 1 is 1.20 bits per heavy atom. The van der Waals surface area contributed by atoms with Crippen LogP contribution in [0, 0.1) is 0 Å². The van der Waals surface area contributed by atoms with Gasteiger partial charge < -0.3 is 15.0 Å². The first kappa shape index (κ1) is 16.7. The van der Waals surface area contributed by atoms with Crippen LogP contribution in [-0.2, 0) is 6.42 Å². The van der Waals surface area contributed by atoms with E-state index in [1.807, 2.05) is 6.07 Å². The molecule has 1 N–H and O–H groups in total. The van der Waals surface area contributed by atoms with Gasteiger partial charge in [0, 0.05) is 25.6 Å². The van der Waals surface area contributed by atoms with Gasteiger partial charge in [0.25, 0.3) is 0 Å². The maximum Gasteiger partial charge on any atom is 0.218 e. The predicted octanol–water partition coefficient (Wildman–Crippen LogP) is 2.58. The van der Waals surface area contributed by atoms with E-state index in [-0.39, 0.29) is 0 Å². The molecule has 0 saturated heterocycles. The van der Waals surface area contributed by atoms with Gasteiger partial charge in [0.2, 0.25) is 5.88 Å². The lowest BCUT2D eigenvalue weighted by Gasteiger charge is -2.13. The summed E-state index contributed by atoms with van der Waals surface area (Å²) >= 11 is 0. The van der Waals surface area contributed by atoms with E-state index in [9.17, 15) is 0 Å². The lowest BCUT2D eigenvalue weighted by molar-refractivity contribution is 0.296. The molecular weight excluding hydrogens is 252 g/mol. The maximum absolute atomic E-state index is 5.70. The minimum absolute atomic E-state index is 0.684. The molecular formula is C15H28N4O. The Labute approximate surface area is 122 Å². The summed E-state index contributed by atoms with van der Waals surface area (Å²) in [5.74, 6) is 2.40. The lowest BCUT2D eigenvalue weighted by Crippen LogP contribution is -2.21. The summed E-state index contributed by atoms with van der Waals surface area (Å²) < 4.78 is 5.70. The SMILES string of the molecule is CCCCOc1cc(NCCN(C)C)nc(CCC)n1. The number of aryl methyl sites for hydroxylation is 1. The number of rotatable bonds is 10. The van der Waals surface area contributed by atoms with E-state index >= 15 is 0 Å². The molecule has 0 fully saturated rings. The van der Waals surface area contributed by atoms with Gasteiger partial charge in [-0.2, -0.15) is 4.98 Å². The monoisotopic (exact) mass is 280 g/mol. The van der Waals surface area contributed by atoms with E-state index < -0.39 is 0 Å². The summed E-state index contributed by atoms with van der Waals surface area (Å²) in [5, 5.41) is 3.33. The van der Waals surface area contributed by atoms with Gasteiger partial charge in [0.05, 0.1) is 6.61 Å². The number of ether oxygens (including phenoxy) is 1. The average Bonchev–Trinajstić information content (AvgIpc) is 2.39. The largest absolute Gasteiger partial charge is 0.478 e. The number of anilines is 1. The van der Waals surface area contributed by atoms with E-state index in [1.165, 1.54) is 0 Å². The fourth-order valence-corrected chi connectivity index (χ4v) is 1.70. The second-order valence-electron chi connectivity index (χ2n) is 5.19. The van der Waals surface area contributed by atoms with Gasteiger partial charge in [-0.1, -0.05) is 20.3 Å². The van der Waals surface area contributed by atoms with Crippen LogP contribution in [0.25, 0.3) is 0 Å². The molecule has 114 valence electrons. The number of hydrogen-bond acceptors (Lipinski definition) is 5. The van der Waals surface area contributed by atoms with Gasteiger partial charge in [-0.15, -0.1) is 0 Å². The smallest absolute Gasteiger partial charge is 0.218 e. The van der Waals surface area contributed by atoms with Crippen molar-refractivity contribution in [3.63, 3.8) is 0 Å². The molecule has 1 rings (SSSR count). The number of nitrogens with zero attached hydrogens (tertiary/aromatic N) is 3. The minimum Gasteiger partial charge on any atom is -0.478 e. The van der Waals surface area contributed by atoms with Crippen molar-refractivity contribution in [3.05, 3.63) is 11.9 Å². The zero-order valence-corrected chi connectivity index (χ0v) is 13.3. The van der Waals surface area contributed by atoms with Crippen LogP contribution in [-0.4, -0.2) is 48.7 Å². The lowest BCUT2D eigenvalue weighted by atomic mass is 10.3. The molecule has 1 aromatic rings. The van der Waals surface area contributed by atoms with Crippen molar-refractivity contribution < 1.29 is 4.74 Å². The van der Waals surface area contributed by atoms with Gasteiger partial charge in [-0.05, 0) is 26.9 Å². The summed E-state index contributed by atoms with van der Waals surface area (Å²) in [6.45, 7) is 6.84. The number of unbranched alkanes of at least 4 members (excludes halogenated alkanes) is 1. The van der Waals surface area contributed by atoms with Crippen LogP contribution in [0.5, 0.6) is 5.88 Å². The fraction of sp³-hybridized carbons (Fsp3) is 0.733. The van der Waals surface area contributed by atoms with Crippen molar-refractivity contribution in [2.45, 2.75) is 39.5 Å². The van der Waals surface area contributed by atoms with Gasteiger partial charge in [0.1, 0.15) is 11.6 Å². The highest BCUT2D eigenvalue weighted by molar-refractivity contribution is 5.38. The van der Waals surface area contributed by atoms with Gasteiger partial charge >= 0.3 is 0 Å². The Bertz CT molecular complexity index is 382. The Kier molecular flexibility index (Phi) is 7.95. The van der Waals surface area contributed by atoms with Crippen LogP contribution in [0.1, 0.15) is 38.9 Å². The first-order valence-electron chi connectivity index (χ1n) is 7.55. The van der Waals surface area contributed by atoms with Crippen molar-refractivity contribution in [3.8, 4) is 5.88 Å². The second kappa shape index (κ2) is 9.53. The number of hydrogen-bond donors (Lipinski definition) is 1. The quantitative estimate of drug-likeness (QED) is 0.668. The van der Waals surface area contributed by atoms with Crippen LogP contribution in [0.3, 0.4) is 0 Å². The summed E-state index contributed by atoms with van der Waals surface area (Å²) in [4.78, 5) is 11.1. The molecule has 0 radical (unpaired) electrons. The van der Waals surface area contributed by atoms with Crippen LogP contribution in [0.2, 0.25) is 0 Å². The van der Waals surface area contributed by atoms with Crippen LogP contribution >= 0.6 is 0 Å². The standard InChI is InChI=1S/C15H28N4O/c1-5-7-11-20-15-12-14(16-9-10-19(3)4)17-13(18-15)8-6-2/h12H,5-11H2,1-4H3,(H,16,17,18). The van der Waals surface area contributed by atoms with E-state index in [0.29, 0.717) is 5.88 Å². The Morgan fingerprint density at radius 3 is 2.65 bits per heavy atom. The third-order valence-electron chi connectivity index (χ3n) is 2.84. The normalized spacial score (nSPS) is 10.8. The van der Waals surface area contributed by atoms with Crippen molar-refractivity contribution in [1.82, 2.24) is 14.9 Å². The number of likely N-dealkylation sites (N-methyl/N-ethyl adjacent to an activating group) is 1. The van der Waals surface area contributed by atoms with Crippen LogP contribution < -0.4 is 10.1 Å². The van der Waals surface area contributed by atoms with Crippen molar-refractivity contribution >= 4 is 5.82 Å². The molecule has 0 aliphatic carbocycles. The number of aromatic nitrogens is 2. The van der Waals surface area contributed by atoms with E-state index in [4.69, 9.17) is 4.74 Å². The topological polar surface area (TPSA) is 50.3 Å². The first-order valence-corrected chi connectivity index (χ1v) is 7.55. The molecule has 5 nitrogen and oxygen atoms in total.